The molecule has 1 saturated heterocycles. The number of ether oxygens (including phenoxy) is 1. The highest BCUT2D eigenvalue weighted by molar-refractivity contribution is 5.00. The van der Waals surface area contributed by atoms with Gasteiger partial charge in [0.05, 0.1) is 24.4 Å². The van der Waals surface area contributed by atoms with Crippen LogP contribution in [0.1, 0.15) is 37.4 Å². The molecule has 1 aliphatic carbocycles. The second kappa shape index (κ2) is 6.70. The molecule has 2 heterocycles. The molecular weight excluding hydrogens is 252 g/mol. The Balaban J connectivity index is 1.49. The van der Waals surface area contributed by atoms with Gasteiger partial charge in [-0.1, -0.05) is 12.8 Å². The van der Waals surface area contributed by atoms with Gasteiger partial charge < -0.3 is 10.1 Å². The standard InChI is InChI=1S/C15H26N4O/c1-18(12-15-10-16-7-9-20-15)11-13-6-8-19(17-13)14-4-2-3-5-14/h6,8,14-16H,2-5,7,9-12H2,1H3. The monoisotopic (exact) mass is 278 g/mol. The number of rotatable bonds is 5. The van der Waals surface area contributed by atoms with Crippen molar-refractivity contribution in [1.29, 1.82) is 0 Å². The third-order valence-electron chi connectivity index (χ3n) is 4.31. The molecule has 0 amide bonds. The largest absolute Gasteiger partial charge is 0.374 e. The van der Waals surface area contributed by atoms with Gasteiger partial charge in [0.1, 0.15) is 0 Å². The van der Waals surface area contributed by atoms with E-state index in [0.29, 0.717) is 12.1 Å². The average molecular weight is 278 g/mol. The second-order valence-electron chi connectivity index (χ2n) is 6.12. The summed E-state index contributed by atoms with van der Waals surface area (Å²) in [5.41, 5.74) is 1.17. The molecule has 5 nitrogen and oxygen atoms in total. The highest BCUT2D eigenvalue weighted by Gasteiger charge is 2.19. The Morgan fingerprint density at radius 1 is 1.45 bits per heavy atom. The van der Waals surface area contributed by atoms with Gasteiger partial charge in [-0.2, -0.15) is 5.10 Å². The summed E-state index contributed by atoms with van der Waals surface area (Å²) in [6.07, 6.45) is 7.75. The molecule has 1 aromatic rings. The van der Waals surface area contributed by atoms with E-state index < -0.39 is 0 Å². The van der Waals surface area contributed by atoms with E-state index in [1.807, 2.05) is 0 Å². The molecule has 1 saturated carbocycles. The molecule has 1 unspecified atom stereocenters. The van der Waals surface area contributed by atoms with Crippen molar-refractivity contribution >= 4 is 0 Å². The van der Waals surface area contributed by atoms with Gasteiger partial charge in [0, 0.05) is 32.4 Å². The number of aromatic nitrogens is 2. The second-order valence-corrected chi connectivity index (χ2v) is 6.12. The average Bonchev–Trinajstić information content (AvgIpc) is 3.10. The molecule has 112 valence electrons. The van der Waals surface area contributed by atoms with Gasteiger partial charge in [-0.05, 0) is 26.0 Å². The van der Waals surface area contributed by atoms with Crippen LogP contribution in [0.5, 0.6) is 0 Å². The fraction of sp³-hybridized carbons (Fsp3) is 0.800. The highest BCUT2D eigenvalue weighted by atomic mass is 16.5. The number of hydrogen-bond acceptors (Lipinski definition) is 4. The third kappa shape index (κ3) is 3.59. The third-order valence-corrected chi connectivity index (χ3v) is 4.31. The van der Waals surface area contributed by atoms with Crippen LogP contribution in [0.4, 0.5) is 0 Å². The summed E-state index contributed by atoms with van der Waals surface area (Å²) in [6.45, 7) is 4.63. The van der Waals surface area contributed by atoms with Crippen LogP contribution in [-0.2, 0) is 11.3 Å². The number of nitrogens with zero attached hydrogens (tertiary/aromatic N) is 3. The Morgan fingerprint density at radius 2 is 2.30 bits per heavy atom. The minimum absolute atomic E-state index is 0.311. The topological polar surface area (TPSA) is 42.3 Å². The first-order valence-corrected chi connectivity index (χ1v) is 7.86. The van der Waals surface area contributed by atoms with Gasteiger partial charge in [-0.3, -0.25) is 9.58 Å². The minimum Gasteiger partial charge on any atom is -0.374 e. The zero-order valence-electron chi connectivity index (χ0n) is 12.4. The van der Waals surface area contributed by atoms with Crippen LogP contribution >= 0.6 is 0 Å². The quantitative estimate of drug-likeness (QED) is 0.884. The van der Waals surface area contributed by atoms with Crippen LogP contribution in [0.25, 0.3) is 0 Å². The van der Waals surface area contributed by atoms with Crippen LogP contribution in [0, 0.1) is 0 Å². The van der Waals surface area contributed by atoms with Gasteiger partial charge >= 0.3 is 0 Å². The lowest BCUT2D eigenvalue weighted by atomic mass is 10.3. The molecule has 2 aliphatic rings. The SMILES string of the molecule is CN(Cc1ccn(C2CCCC2)n1)CC1CNCCO1. The maximum Gasteiger partial charge on any atom is 0.0826 e. The maximum absolute atomic E-state index is 5.74. The van der Waals surface area contributed by atoms with Crippen molar-refractivity contribution in [2.75, 3.05) is 33.3 Å². The van der Waals surface area contributed by atoms with E-state index in [-0.39, 0.29) is 0 Å². The van der Waals surface area contributed by atoms with Crippen molar-refractivity contribution in [3.8, 4) is 0 Å². The Kier molecular flexibility index (Phi) is 4.70. The summed E-state index contributed by atoms with van der Waals surface area (Å²) < 4.78 is 7.92. The molecule has 1 aromatic heterocycles. The van der Waals surface area contributed by atoms with Gasteiger partial charge in [-0.15, -0.1) is 0 Å². The molecule has 5 heteroatoms. The normalized spacial score (nSPS) is 24.6. The van der Waals surface area contributed by atoms with Crippen LogP contribution in [0.2, 0.25) is 0 Å². The van der Waals surface area contributed by atoms with Crippen molar-refractivity contribution < 1.29 is 4.74 Å². The lowest BCUT2D eigenvalue weighted by molar-refractivity contribution is 0.00865. The summed E-state index contributed by atoms with van der Waals surface area (Å²) in [5.74, 6) is 0. The summed E-state index contributed by atoms with van der Waals surface area (Å²) in [4.78, 5) is 2.30. The molecule has 1 atom stereocenters. The zero-order chi connectivity index (χ0) is 13.8. The predicted molar refractivity (Wildman–Crippen MR) is 78.7 cm³/mol. The summed E-state index contributed by atoms with van der Waals surface area (Å²) in [5, 5.41) is 8.12. The first kappa shape index (κ1) is 14.0. The zero-order valence-corrected chi connectivity index (χ0v) is 12.4. The Labute approximate surface area is 121 Å². The Bertz CT molecular complexity index is 408. The predicted octanol–water partition coefficient (Wildman–Crippen LogP) is 1.42. The van der Waals surface area contributed by atoms with Crippen molar-refractivity contribution in [3.05, 3.63) is 18.0 Å². The molecule has 0 spiro atoms. The molecule has 0 radical (unpaired) electrons. The molecular formula is C15H26N4O. The van der Waals surface area contributed by atoms with Crippen molar-refractivity contribution in [2.24, 2.45) is 0 Å². The molecule has 0 aromatic carbocycles. The number of nitrogens with one attached hydrogen (secondary N) is 1. The number of hydrogen-bond donors (Lipinski definition) is 1. The van der Waals surface area contributed by atoms with E-state index in [1.165, 1.54) is 31.4 Å². The van der Waals surface area contributed by atoms with Crippen LogP contribution < -0.4 is 5.32 Å². The van der Waals surface area contributed by atoms with Crippen LogP contribution in [0.3, 0.4) is 0 Å². The summed E-state index contributed by atoms with van der Waals surface area (Å²) in [6, 6.07) is 2.80. The van der Waals surface area contributed by atoms with Crippen molar-refractivity contribution in [2.45, 2.75) is 44.4 Å². The number of morpholine rings is 1. The molecule has 20 heavy (non-hydrogen) atoms. The molecule has 3 rings (SSSR count). The van der Waals surface area contributed by atoms with Gasteiger partial charge in [-0.25, -0.2) is 0 Å². The van der Waals surface area contributed by atoms with Crippen molar-refractivity contribution in [3.63, 3.8) is 0 Å². The smallest absolute Gasteiger partial charge is 0.0826 e. The fourth-order valence-electron chi connectivity index (χ4n) is 3.26. The van der Waals surface area contributed by atoms with Gasteiger partial charge in [0.25, 0.3) is 0 Å². The van der Waals surface area contributed by atoms with E-state index in [2.05, 4.69) is 34.2 Å². The Morgan fingerprint density at radius 3 is 3.05 bits per heavy atom. The van der Waals surface area contributed by atoms with E-state index in [1.54, 1.807) is 0 Å². The summed E-state index contributed by atoms with van der Waals surface area (Å²) in [7, 11) is 2.15. The van der Waals surface area contributed by atoms with Crippen molar-refractivity contribution in [1.82, 2.24) is 20.0 Å². The van der Waals surface area contributed by atoms with E-state index >= 15 is 0 Å². The maximum atomic E-state index is 5.74. The molecule has 2 fully saturated rings. The lowest BCUT2D eigenvalue weighted by Gasteiger charge is -2.27. The molecule has 1 N–H and O–H groups in total. The molecule has 1 aliphatic heterocycles. The first-order valence-electron chi connectivity index (χ1n) is 7.86. The first-order chi connectivity index (χ1) is 9.81. The van der Waals surface area contributed by atoms with Gasteiger partial charge in [0.15, 0.2) is 0 Å². The number of likely N-dealkylation sites (N-methyl/N-ethyl adjacent to an activating group) is 1. The minimum atomic E-state index is 0.311. The van der Waals surface area contributed by atoms with Crippen LogP contribution in [-0.4, -0.2) is 54.1 Å². The lowest BCUT2D eigenvalue weighted by Crippen LogP contribution is -2.44. The molecule has 0 bridgehead atoms. The Hall–Kier alpha value is -0.910. The van der Waals surface area contributed by atoms with E-state index in [0.717, 1.165) is 32.8 Å². The van der Waals surface area contributed by atoms with Crippen LogP contribution in [0.15, 0.2) is 12.3 Å². The highest BCUT2D eigenvalue weighted by Crippen LogP contribution is 2.28. The van der Waals surface area contributed by atoms with E-state index in [4.69, 9.17) is 9.84 Å². The van der Waals surface area contributed by atoms with Gasteiger partial charge in [0.2, 0.25) is 0 Å². The van der Waals surface area contributed by atoms with E-state index in [9.17, 15) is 0 Å². The summed E-state index contributed by atoms with van der Waals surface area (Å²) >= 11 is 0. The fourth-order valence-corrected chi connectivity index (χ4v) is 3.26.